The van der Waals surface area contributed by atoms with Crippen molar-refractivity contribution in [2.24, 2.45) is 15.9 Å². The van der Waals surface area contributed by atoms with Crippen LogP contribution in [0.2, 0.25) is 0 Å². The lowest BCUT2D eigenvalue weighted by molar-refractivity contribution is -0.121. The van der Waals surface area contributed by atoms with Crippen molar-refractivity contribution in [3.05, 3.63) is 59.9 Å². The molecule has 1 atom stereocenters. The molecule has 2 amide bonds. The van der Waals surface area contributed by atoms with Crippen LogP contribution in [0.3, 0.4) is 0 Å². The molecule has 0 unspecified atom stereocenters. The van der Waals surface area contributed by atoms with Crippen LogP contribution in [0.4, 0.5) is 10.1 Å². The Morgan fingerprint density at radius 2 is 1.84 bits per heavy atom. The fraction of sp³-hybridized carbons (Fsp3) is 0.273. The van der Waals surface area contributed by atoms with Gasteiger partial charge in [-0.05, 0) is 55.3 Å². The Bertz CT molecular complexity index is 1010. The molecule has 1 saturated heterocycles. The molecule has 1 heterocycles. The lowest BCUT2D eigenvalue weighted by Gasteiger charge is -2.15. The van der Waals surface area contributed by atoms with E-state index in [0.29, 0.717) is 29.3 Å². The van der Waals surface area contributed by atoms with Crippen molar-refractivity contribution in [2.45, 2.75) is 31.9 Å². The standard InChI is InChI=1S/C22H23FN4O3S/c1-3-12-30-18-10-8-17(9-11-18)27-20(28)13-19(21(27)29)31-22(24)26-25-14(2)15-4-6-16(23)7-5-15/h4-11,19H,3,12-13H2,1-2H3,(H2,24,26)/b25-14-/t19-/m0/s1. The molecule has 1 aliphatic rings. The van der Waals surface area contributed by atoms with Gasteiger partial charge in [0.1, 0.15) is 16.8 Å². The number of amidine groups is 1. The van der Waals surface area contributed by atoms with Crippen LogP contribution in [0.15, 0.2) is 58.7 Å². The van der Waals surface area contributed by atoms with Gasteiger partial charge in [0.05, 0.1) is 18.0 Å². The molecule has 3 rings (SSSR count). The Morgan fingerprint density at radius 1 is 1.16 bits per heavy atom. The molecule has 1 aliphatic heterocycles. The van der Waals surface area contributed by atoms with Gasteiger partial charge in [-0.2, -0.15) is 5.10 Å². The highest BCUT2D eigenvalue weighted by Gasteiger charge is 2.40. The number of benzene rings is 2. The molecule has 0 radical (unpaired) electrons. The number of hydrogen-bond donors (Lipinski definition) is 1. The molecule has 1 fully saturated rings. The number of amides is 2. The Morgan fingerprint density at radius 3 is 2.48 bits per heavy atom. The van der Waals surface area contributed by atoms with E-state index in [4.69, 9.17) is 10.5 Å². The zero-order valence-corrected chi connectivity index (χ0v) is 18.1. The fourth-order valence-corrected chi connectivity index (χ4v) is 3.73. The smallest absolute Gasteiger partial charge is 0.247 e. The van der Waals surface area contributed by atoms with E-state index in [9.17, 15) is 14.0 Å². The summed E-state index contributed by atoms with van der Waals surface area (Å²) >= 11 is 0.995. The number of thioether (sulfide) groups is 1. The van der Waals surface area contributed by atoms with Gasteiger partial charge in [-0.1, -0.05) is 30.8 Å². The van der Waals surface area contributed by atoms with Crippen molar-refractivity contribution in [3.8, 4) is 5.75 Å². The molecule has 0 bridgehead atoms. The number of hydrogen-bond acceptors (Lipinski definition) is 6. The Labute approximate surface area is 184 Å². The monoisotopic (exact) mass is 442 g/mol. The van der Waals surface area contributed by atoms with Crippen molar-refractivity contribution in [2.75, 3.05) is 11.5 Å². The average molecular weight is 443 g/mol. The minimum absolute atomic E-state index is 0.0223. The topological polar surface area (TPSA) is 97.3 Å². The Balaban J connectivity index is 1.65. The maximum absolute atomic E-state index is 13.0. The molecule has 31 heavy (non-hydrogen) atoms. The largest absolute Gasteiger partial charge is 0.494 e. The number of anilines is 1. The highest BCUT2D eigenvalue weighted by atomic mass is 32.2. The van der Waals surface area contributed by atoms with Crippen LogP contribution >= 0.6 is 11.8 Å². The predicted octanol–water partition coefficient (Wildman–Crippen LogP) is 3.72. The summed E-state index contributed by atoms with van der Waals surface area (Å²) in [6.45, 7) is 4.33. The van der Waals surface area contributed by atoms with Gasteiger partial charge in [-0.25, -0.2) is 9.29 Å². The Kier molecular flexibility index (Phi) is 7.41. The molecule has 9 heteroatoms. The number of carbonyl (C=O) groups excluding carboxylic acids is 2. The number of halogens is 1. The first kappa shape index (κ1) is 22.5. The molecule has 0 aliphatic carbocycles. The van der Waals surface area contributed by atoms with E-state index in [-0.39, 0.29) is 29.2 Å². The van der Waals surface area contributed by atoms with Crippen LogP contribution in [-0.2, 0) is 9.59 Å². The highest BCUT2D eigenvalue weighted by Crippen LogP contribution is 2.30. The molecule has 2 aromatic carbocycles. The molecule has 162 valence electrons. The lowest BCUT2D eigenvalue weighted by atomic mass is 10.1. The normalized spacial score (nSPS) is 17.4. The van der Waals surface area contributed by atoms with E-state index in [0.717, 1.165) is 23.1 Å². The third-order valence-electron chi connectivity index (χ3n) is 4.50. The van der Waals surface area contributed by atoms with Gasteiger partial charge in [-0.15, -0.1) is 5.10 Å². The third kappa shape index (κ3) is 5.69. The summed E-state index contributed by atoms with van der Waals surface area (Å²) in [6.07, 6.45) is 0.911. The van der Waals surface area contributed by atoms with Crippen molar-refractivity contribution in [1.29, 1.82) is 0 Å². The van der Waals surface area contributed by atoms with Crippen LogP contribution in [0.25, 0.3) is 0 Å². The second-order valence-electron chi connectivity index (χ2n) is 6.85. The second kappa shape index (κ2) is 10.2. The van der Waals surface area contributed by atoms with E-state index >= 15 is 0 Å². The van der Waals surface area contributed by atoms with Crippen LogP contribution in [0, 0.1) is 5.82 Å². The number of ether oxygens (including phenoxy) is 1. The van der Waals surface area contributed by atoms with Gasteiger partial charge in [0, 0.05) is 6.42 Å². The van der Waals surface area contributed by atoms with Gasteiger partial charge < -0.3 is 10.5 Å². The summed E-state index contributed by atoms with van der Waals surface area (Å²) < 4.78 is 18.6. The minimum atomic E-state index is -0.673. The molecule has 2 N–H and O–H groups in total. The molecule has 0 saturated carbocycles. The average Bonchev–Trinajstić information content (AvgIpc) is 3.04. The summed E-state index contributed by atoms with van der Waals surface area (Å²) in [4.78, 5) is 26.4. The fourth-order valence-electron chi connectivity index (χ4n) is 2.92. The van der Waals surface area contributed by atoms with E-state index in [1.54, 1.807) is 43.3 Å². The zero-order chi connectivity index (χ0) is 22.4. The summed E-state index contributed by atoms with van der Waals surface area (Å²) in [7, 11) is 0. The van der Waals surface area contributed by atoms with Crippen molar-refractivity contribution in [1.82, 2.24) is 0 Å². The van der Waals surface area contributed by atoms with E-state index < -0.39 is 5.25 Å². The van der Waals surface area contributed by atoms with Crippen LogP contribution < -0.4 is 15.4 Å². The maximum Gasteiger partial charge on any atom is 0.247 e. The summed E-state index contributed by atoms with van der Waals surface area (Å²) in [6, 6.07) is 12.7. The van der Waals surface area contributed by atoms with Gasteiger partial charge in [0.15, 0.2) is 5.17 Å². The third-order valence-corrected chi connectivity index (χ3v) is 5.47. The van der Waals surface area contributed by atoms with Gasteiger partial charge in [-0.3, -0.25) is 9.59 Å². The van der Waals surface area contributed by atoms with Crippen molar-refractivity contribution >= 4 is 40.1 Å². The highest BCUT2D eigenvalue weighted by molar-refractivity contribution is 8.14. The van der Waals surface area contributed by atoms with Gasteiger partial charge >= 0.3 is 0 Å². The minimum Gasteiger partial charge on any atom is -0.494 e. The van der Waals surface area contributed by atoms with Gasteiger partial charge in [0.25, 0.3) is 0 Å². The second-order valence-corrected chi connectivity index (χ2v) is 8.07. The van der Waals surface area contributed by atoms with Gasteiger partial charge in [0.2, 0.25) is 11.8 Å². The van der Waals surface area contributed by atoms with Crippen LogP contribution in [-0.4, -0.2) is 34.6 Å². The number of nitrogens with two attached hydrogens (primary N) is 1. The molecular weight excluding hydrogens is 419 g/mol. The van der Waals surface area contributed by atoms with Crippen molar-refractivity contribution in [3.63, 3.8) is 0 Å². The first-order chi connectivity index (χ1) is 14.9. The quantitative estimate of drug-likeness (QED) is 0.305. The summed E-state index contributed by atoms with van der Waals surface area (Å²) in [5.74, 6) is -0.313. The maximum atomic E-state index is 13.0. The number of rotatable bonds is 7. The number of nitrogens with zero attached hydrogens (tertiary/aromatic N) is 3. The molecule has 7 nitrogen and oxygen atoms in total. The molecular formula is C22H23FN4O3S. The SMILES string of the molecule is CCCOc1ccc(N2C(=O)C[C@H](SC(N)=N/N=C(/C)c3ccc(F)cc3)C2=O)cc1. The first-order valence-electron chi connectivity index (χ1n) is 9.79. The zero-order valence-electron chi connectivity index (χ0n) is 17.2. The van der Waals surface area contributed by atoms with Crippen LogP contribution in [0.5, 0.6) is 5.75 Å². The summed E-state index contributed by atoms with van der Waals surface area (Å²) in [5, 5.41) is 7.37. The Hall–Kier alpha value is -3.20. The van der Waals surface area contributed by atoms with Crippen molar-refractivity contribution < 1.29 is 18.7 Å². The summed E-state index contributed by atoms with van der Waals surface area (Å²) in [5.41, 5.74) is 7.65. The van der Waals surface area contributed by atoms with E-state index in [2.05, 4.69) is 10.2 Å². The molecule has 2 aromatic rings. The number of carbonyl (C=O) groups is 2. The molecule has 0 spiro atoms. The van der Waals surface area contributed by atoms with E-state index in [1.807, 2.05) is 6.92 Å². The lowest BCUT2D eigenvalue weighted by Crippen LogP contribution is -2.31. The van der Waals surface area contributed by atoms with Crippen LogP contribution in [0.1, 0.15) is 32.3 Å². The molecule has 0 aromatic heterocycles. The predicted molar refractivity (Wildman–Crippen MR) is 121 cm³/mol. The number of imide groups is 1. The van der Waals surface area contributed by atoms with E-state index in [1.165, 1.54) is 12.1 Å². The first-order valence-corrected chi connectivity index (χ1v) is 10.7.